The molecule has 1 aliphatic carbocycles. The molecular weight excluding hydrogens is 304 g/mol. The number of nitrogens with zero attached hydrogens (tertiary/aromatic N) is 4. The first-order chi connectivity index (χ1) is 10.5. The van der Waals surface area contributed by atoms with Crippen molar-refractivity contribution in [1.82, 2.24) is 9.97 Å². The zero-order chi connectivity index (χ0) is 15.5. The van der Waals surface area contributed by atoms with E-state index >= 15 is 0 Å². The Balaban J connectivity index is 1.83. The van der Waals surface area contributed by atoms with Crippen LogP contribution >= 0.6 is 11.6 Å². The summed E-state index contributed by atoms with van der Waals surface area (Å²) in [6, 6.07) is 0. The van der Waals surface area contributed by atoms with Crippen LogP contribution in [0.3, 0.4) is 0 Å². The van der Waals surface area contributed by atoms with Gasteiger partial charge in [0, 0.05) is 13.1 Å². The lowest BCUT2D eigenvalue weighted by molar-refractivity contribution is -0.129. The van der Waals surface area contributed by atoms with Gasteiger partial charge < -0.3 is 14.5 Å². The highest BCUT2D eigenvalue weighted by molar-refractivity contribution is 6.28. The maximum absolute atomic E-state index is 13.1. The Kier molecular flexibility index (Phi) is 3.10. The molecule has 7 heteroatoms. The first-order valence-electron chi connectivity index (χ1n) is 7.73. The van der Waals surface area contributed by atoms with E-state index in [1.54, 1.807) is 6.20 Å². The molecule has 1 saturated carbocycles. The van der Waals surface area contributed by atoms with E-state index in [-0.39, 0.29) is 17.3 Å². The summed E-state index contributed by atoms with van der Waals surface area (Å²) in [5, 5.41) is 0.209. The van der Waals surface area contributed by atoms with Gasteiger partial charge in [-0.3, -0.25) is 4.79 Å². The van der Waals surface area contributed by atoms with Crippen molar-refractivity contribution in [3.8, 4) is 0 Å². The predicted molar refractivity (Wildman–Crippen MR) is 83.3 cm³/mol. The molecule has 1 amide bonds. The number of morpholine rings is 1. The van der Waals surface area contributed by atoms with Gasteiger partial charge in [0.2, 0.25) is 5.28 Å². The monoisotopic (exact) mass is 322 g/mol. The molecule has 0 bridgehead atoms. The van der Waals surface area contributed by atoms with Gasteiger partial charge in [-0.25, -0.2) is 4.98 Å². The number of ether oxygens (including phenoxy) is 1. The lowest BCUT2D eigenvalue weighted by Gasteiger charge is -2.51. The minimum atomic E-state index is -0.716. The van der Waals surface area contributed by atoms with Crippen LogP contribution < -0.4 is 9.80 Å². The van der Waals surface area contributed by atoms with Gasteiger partial charge in [0.1, 0.15) is 11.2 Å². The summed E-state index contributed by atoms with van der Waals surface area (Å²) in [5.74, 6) is 1.41. The Morgan fingerprint density at radius 1 is 1.50 bits per heavy atom. The van der Waals surface area contributed by atoms with Gasteiger partial charge in [0.15, 0.2) is 5.82 Å². The second-order valence-corrected chi connectivity index (χ2v) is 7.05. The van der Waals surface area contributed by atoms with E-state index in [0.29, 0.717) is 19.1 Å². The Hall–Kier alpha value is -1.40. The summed E-state index contributed by atoms with van der Waals surface area (Å²) >= 11 is 6.01. The Morgan fingerprint density at radius 3 is 3.00 bits per heavy atom. The summed E-state index contributed by atoms with van der Waals surface area (Å²) in [6.07, 6.45) is 4.09. The van der Waals surface area contributed by atoms with E-state index in [1.807, 2.05) is 23.6 Å². The van der Waals surface area contributed by atoms with Crippen LogP contribution in [0.2, 0.25) is 5.28 Å². The summed E-state index contributed by atoms with van der Waals surface area (Å²) in [4.78, 5) is 25.5. The third-order valence-corrected chi connectivity index (χ3v) is 4.98. The maximum Gasteiger partial charge on any atom is 0.255 e. The Labute approximate surface area is 134 Å². The molecule has 0 radical (unpaired) electrons. The van der Waals surface area contributed by atoms with Crippen LogP contribution in [0.25, 0.3) is 0 Å². The molecule has 1 saturated heterocycles. The fourth-order valence-electron chi connectivity index (χ4n) is 3.27. The molecule has 4 rings (SSSR count). The molecule has 0 N–H and O–H groups in total. The van der Waals surface area contributed by atoms with Crippen molar-refractivity contribution in [3.05, 3.63) is 11.5 Å². The van der Waals surface area contributed by atoms with E-state index < -0.39 is 5.54 Å². The molecule has 2 atom stereocenters. The molecular formula is C15H19ClN4O2. The number of amides is 1. The van der Waals surface area contributed by atoms with Crippen LogP contribution in [0, 0.1) is 5.92 Å². The zero-order valence-corrected chi connectivity index (χ0v) is 13.5. The van der Waals surface area contributed by atoms with E-state index in [4.69, 9.17) is 16.3 Å². The van der Waals surface area contributed by atoms with Crippen LogP contribution in [-0.2, 0) is 9.53 Å². The Morgan fingerprint density at radius 2 is 2.27 bits per heavy atom. The average Bonchev–Trinajstić information content (AvgIpc) is 3.30. The minimum Gasteiger partial charge on any atom is -0.374 e. The first-order valence-corrected chi connectivity index (χ1v) is 8.10. The molecule has 0 aromatic carbocycles. The molecule has 1 aromatic heterocycles. The summed E-state index contributed by atoms with van der Waals surface area (Å²) in [7, 11) is 0. The molecule has 1 unspecified atom stereocenters. The number of carbonyl (C=O) groups excluding carboxylic acids is 1. The molecule has 22 heavy (non-hydrogen) atoms. The molecule has 1 aromatic rings. The minimum absolute atomic E-state index is 0.0532. The van der Waals surface area contributed by atoms with E-state index in [0.717, 1.165) is 18.1 Å². The molecule has 2 aliphatic heterocycles. The van der Waals surface area contributed by atoms with Gasteiger partial charge in [0.05, 0.1) is 18.9 Å². The van der Waals surface area contributed by atoms with Crippen molar-refractivity contribution in [2.24, 2.45) is 5.92 Å². The number of halogens is 1. The van der Waals surface area contributed by atoms with Gasteiger partial charge in [-0.2, -0.15) is 4.98 Å². The van der Waals surface area contributed by atoms with E-state index in [2.05, 4.69) is 9.97 Å². The SMILES string of the molecule is C[C@@H]1CN2c3nc(Cl)ncc3N(CC3CC3)C(=O)C2(C)CO1. The van der Waals surface area contributed by atoms with Gasteiger partial charge in [-0.15, -0.1) is 0 Å². The number of aromatic nitrogens is 2. The average molecular weight is 323 g/mol. The van der Waals surface area contributed by atoms with Crippen molar-refractivity contribution in [2.45, 2.75) is 38.3 Å². The first kappa shape index (κ1) is 14.2. The van der Waals surface area contributed by atoms with Crippen LogP contribution in [0.1, 0.15) is 26.7 Å². The zero-order valence-electron chi connectivity index (χ0n) is 12.8. The van der Waals surface area contributed by atoms with Crippen LogP contribution in [0.4, 0.5) is 11.5 Å². The van der Waals surface area contributed by atoms with Crippen molar-refractivity contribution >= 4 is 29.0 Å². The summed E-state index contributed by atoms with van der Waals surface area (Å²) in [6.45, 7) is 5.66. The number of anilines is 2. The van der Waals surface area contributed by atoms with Gasteiger partial charge in [-0.1, -0.05) is 0 Å². The van der Waals surface area contributed by atoms with E-state index in [9.17, 15) is 4.79 Å². The molecule has 3 heterocycles. The smallest absolute Gasteiger partial charge is 0.255 e. The molecule has 118 valence electrons. The lowest BCUT2D eigenvalue weighted by atomic mass is 9.92. The fraction of sp³-hybridized carbons (Fsp3) is 0.667. The molecule has 3 aliphatic rings. The summed E-state index contributed by atoms with van der Waals surface area (Å²) < 4.78 is 5.77. The fourth-order valence-corrected chi connectivity index (χ4v) is 3.39. The highest BCUT2D eigenvalue weighted by atomic mass is 35.5. The third kappa shape index (κ3) is 2.08. The quantitative estimate of drug-likeness (QED) is 0.778. The standard InChI is InChI=1S/C15H19ClN4O2/c1-9-6-20-12-11(5-17-14(16)18-12)19(7-10-3-4-10)13(21)15(20,2)8-22-9/h5,9-10H,3-4,6-8H2,1-2H3/t9-,15?/m1/s1. The lowest BCUT2D eigenvalue weighted by Crippen LogP contribution is -2.68. The number of hydrogen-bond acceptors (Lipinski definition) is 5. The summed E-state index contributed by atoms with van der Waals surface area (Å²) in [5.41, 5.74) is 0.0550. The van der Waals surface area contributed by atoms with E-state index in [1.165, 1.54) is 12.8 Å². The topological polar surface area (TPSA) is 58.6 Å². The normalized spacial score (nSPS) is 31.0. The molecule has 6 nitrogen and oxygen atoms in total. The number of fused-ring (bicyclic) bond motifs is 3. The van der Waals surface area contributed by atoms with Crippen molar-refractivity contribution in [3.63, 3.8) is 0 Å². The number of rotatable bonds is 2. The third-order valence-electron chi connectivity index (χ3n) is 4.79. The second-order valence-electron chi connectivity index (χ2n) is 6.71. The van der Waals surface area contributed by atoms with Gasteiger partial charge in [0.25, 0.3) is 5.91 Å². The largest absolute Gasteiger partial charge is 0.374 e. The highest BCUT2D eigenvalue weighted by Crippen LogP contribution is 2.43. The number of carbonyl (C=O) groups is 1. The molecule has 2 fully saturated rings. The predicted octanol–water partition coefficient (Wildman–Crippen LogP) is 1.87. The molecule has 0 spiro atoms. The second kappa shape index (κ2) is 4.80. The highest BCUT2D eigenvalue weighted by Gasteiger charge is 2.52. The van der Waals surface area contributed by atoms with Crippen LogP contribution in [0.5, 0.6) is 0 Å². The van der Waals surface area contributed by atoms with Gasteiger partial charge in [-0.05, 0) is 44.2 Å². The van der Waals surface area contributed by atoms with Crippen molar-refractivity contribution in [2.75, 3.05) is 29.5 Å². The Bertz CT molecular complexity index is 636. The van der Waals surface area contributed by atoms with Gasteiger partial charge >= 0.3 is 0 Å². The van der Waals surface area contributed by atoms with Crippen LogP contribution in [0.15, 0.2) is 6.20 Å². The number of hydrogen-bond donors (Lipinski definition) is 0. The van der Waals surface area contributed by atoms with Crippen LogP contribution in [-0.4, -0.2) is 47.2 Å². The maximum atomic E-state index is 13.1. The van der Waals surface area contributed by atoms with Crippen molar-refractivity contribution in [1.29, 1.82) is 0 Å². The van der Waals surface area contributed by atoms with Crippen molar-refractivity contribution < 1.29 is 9.53 Å².